The summed E-state index contributed by atoms with van der Waals surface area (Å²) in [5.41, 5.74) is 11.2. The molecule has 19 heteroatoms. The Morgan fingerprint density at radius 3 is 1.91 bits per heavy atom. The lowest BCUT2D eigenvalue weighted by Crippen LogP contribution is -2.60. The van der Waals surface area contributed by atoms with Crippen LogP contribution in [0.5, 0.6) is 0 Å². The first kappa shape index (κ1) is 37.4. The minimum absolute atomic E-state index is 0.115. The molecule has 0 saturated heterocycles. The van der Waals surface area contributed by atoms with Crippen molar-refractivity contribution in [2.75, 3.05) is 13.2 Å². The second-order valence-electron chi connectivity index (χ2n) is 10.2. The number of imidazole rings is 1. The summed E-state index contributed by atoms with van der Waals surface area (Å²) >= 11 is 0. The van der Waals surface area contributed by atoms with Gasteiger partial charge in [0, 0.05) is 24.7 Å². The summed E-state index contributed by atoms with van der Waals surface area (Å²) in [7, 11) is 0. The first-order chi connectivity index (χ1) is 20.6. The number of nitrogens with zero attached hydrogens (tertiary/aromatic N) is 1. The standard InChI is InChI=1S/C25H41N9O10/c1-11(2)19(24(42)33-17(9-36)25(43)44)34-20(38)12(3)30-22(40)15(4-5-18(27)37)31-23(41)16(6-13-7-28-10-29-13)32-21(39)14(26)8-35/h7,10-12,14-17,19,35-36H,4-6,8-9,26H2,1-3H3,(H2,27,37)(H,28,29)(H,30,40)(H,31,41)(H,32,39)(H,33,42)(H,34,38)(H,43,44)/t12-,14-,15-,16-,17-,19-/m0/s1. The van der Waals surface area contributed by atoms with Crippen molar-refractivity contribution in [3.63, 3.8) is 0 Å². The molecule has 0 unspecified atom stereocenters. The van der Waals surface area contributed by atoms with E-state index in [-0.39, 0.29) is 19.3 Å². The van der Waals surface area contributed by atoms with Gasteiger partial charge in [0.25, 0.3) is 0 Å². The van der Waals surface area contributed by atoms with Gasteiger partial charge in [0.05, 0.1) is 19.5 Å². The monoisotopic (exact) mass is 627 g/mol. The zero-order valence-corrected chi connectivity index (χ0v) is 24.5. The van der Waals surface area contributed by atoms with Crippen molar-refractivity contribution in [1.82, 2.24) is 36.6 Å². The van der Waals surface area contributed by atoms with Crippen molar-refractivity contribution in [2.45, 2.75) is 76.3 Å². The van der Waals surface area contributed by atoms with Gasteiger partial charge in [-0.2, -0.15) is 0 Å². The lowest BCUT2D eigenvalue weighted by molar-refractivity contribution is -0.143. The molecule has 6 amide bonds. The second kappa shape index (κ2) is 18.1. The second-order valence-corrected chi connectivity index (χ2v) is 10.2. The van der Waals surface area contributed by atoms with E-state index in [0.717, 1.165) is 0 Å². The third-order valence-corrected chi connectivity index (χ3v) is 6.25. The van der Waals surface area contributed by atoms with Crippen LogP contribution < -0.4 is 38.1 Å². The first-order valence-corrected chi connectivity index (χ1v) is 13.6. The molecular formula is C25H41N9O10. The molecule has 1 aromatic heterocycles. The van der Waals surface area contributed by atoms with E-state index >= 15 is 0 Å². The number of carbonyl (C=O) groups excluding carboxylic acids is 6. The minimum atomic E-state index is -1.60. The van der Waals surface area contributed by atoms with E-state index in [0.29, 0.717) is 5.69 Å². The van der Waals surface area contributed by atoms with Gasteiger partial charge in [-0.15, -0.1) is 0 Å². The van der Waals surface area contributed by atoms with Crippen LogP contribution in [0.25, 0.3) is 0 Å². The van der Waals surface area contributed by atoms with Gasteiger partial charge in [-0.25, -0.2) is 9.78 Å². The van der Waals surface area contributed by atoms with E-state index < -0.39 is 96.8 Å². The van der Waals surface area contributed by atoms with Gasteiger partial charge in [-0.1, -0.05) is 13.8 Å². The fourth-order valence-electron chi connectivity index (χ4n) is 3.65. The highest BCUT2D eigenvalue weighted by Crippen LogP contribution is 2.06. The zero-order valence-electron chi connectivity index (χ0n) is 24.5. The molecule has 0 aliphatic carbocycles. The summed E-state index contributed by atoms with van der Waals surface area (Å²) in [5, 5.41) is 39.1. The number of aromatic amines is 1. The van der Waals surface area contributed by atoms with Crippen LogP contribution in [0, 0.1) is 5.92 Å². The van der Waals surface area contributed by atoms with Crippen molar-refractivity contribution in [2.24, 2.45) is 17.4 Å². The van der Waals surface area contributed by atoms with Crippen molar-refractivity contribution < 1.29 is 48.9 Å². The number of carboxylic acids is 1. The van der Waals surface area contributed by atoms with Crippen LogP contribution in [0.4, 0.5) is 0 Å². The van der Waals surface area contributed by atoms with E-state index in [1.165, 1.54) is 19.4 Å². The number of nitrogens with two attached hydrogens (primary N) is 2. The molecule has 1 aromatic rings. The van der Waals surface area contributed by atoms with Gasteiger partial charge in [0.2, 0.25) is 35.4 Å². The highest BCUT2D eigenvalue weighted by Gasteiger charge is 2.32. The van der Waals surface area contributed by atoms with Gasteiger partial charge in [-0.3, -0.25) is 28.8 Å². The molecule has 0 radical (unpaired) electrons. The Hall–Kier alpha value is -4.62. The maximum atomic E-state index is 13.2. The first-order valence-electron chi connectivity index (χ1n) is 13.6. The van der Waals surface area contributed by atoms with E-state index in [1.807, 2.05) is 0 Å². The van der Waals surface area contributed by atoms with Gasteiger partial charge < -0.3 is 58.4 Å². The molecule has 246 valence electrons. The number of carbonyl (C=O) groups is 7. The molecule has 0 aromatic carbocycles. The van der Waals surface area contributed by atoms with Crippen molar-refractivity contribution >= 4 is 41.4 Å². The van der Waals surface area contributed by atoms with Gasteiger partial charge in [-0.05, 0) is 19.3 Å². The predicted octanol–water partition coefficient (Wildman–Crippen LogP) is -5.29. The number of hydrogen-bond donors (Lipinski definition) is 11. The highest BCUT2D eigenvalue weighted by atomic mass is 16.4. The summed E-state index contributed by atoms with van der Waals surface area (Å²) in [4.78, 5) is 93.3. The van der Waals surface area contributed by atoms with Crippen LogP contribution in [0.2, 0.25) is 0 Å². The van der Waals surface area contributed by atoms with Crippen LogP contribution >= 0.6 is 0 Å². The molecule has 1 heterocycles. The maximum Gasteiger partial charge on any atom is 0.328 e. The number of H-pyrrole nitrogens is 1. The van der Waals surface area contributed by atoms with Crippen LogP contribution in [-0.4, -0.2) is 116 Å². The SMILES string of the molecule is CC(C)[C@H](NC(=O)[C@H](C)NC(=O)[C@H](CCC(N)=O)NC(=O)[C@H](Cc1cnc[nH]1)NC(=O)[C@@H](N)CO)C(=O)N[C@@H](CO)C(=O)O. The van der Waals surface area contributed by atoms with Gasteiger partial charge in [0.15, 0.2) is 0 Å². The van der Waals surface area contributed by atoms with E-state index in [4.69, 9.17) is 16.6 Å². The molecule has 13 N–H and O–H groups in total. The molecule has 0 aliphatic heterocycles. The van der Waals surface area contributed by atoms with E-state index in [1.54, 1.807) is 13.8 Å². The summed E-state index contributed by atoms with van der Waals surface area (Å²) < 4.78 is 0. The van der Waals surface area contributed by atoms with Crippen LogP contribution in [-0.2, 0) is 40.0 Å². The number of aliphatic hydroxyl groups is 2. The number of primary amides is 1. The fraction of sp³-hybridized carbons (Fsp3) is 0.600. The molecule has 0 fully saturated rings. The smallest absolute Gasteiger partial charge is 0.328 e. The Morgan fingerprint density at radius 1 is 0.818 bits per heavy atom. The summed E-state index contributed by atoms with van der Waals surface area (Å²) in [6.45, 7) is 2.84. The average molecular weight is 628 g/mol. The number of rotatable bonds is 19. The molecule has 0 spiro atoms. The normalized spacial score (nSPS) is 15.1. The van der Waals surface area contributed by atoms with Gasteiger partial charge >= 0.3 is 5.97 Å². The molecule has 19 nitrogen and oxygen atoms in total. The Labute approximate surface area is 252 Å². The molecule has 44 heavy (non-hydrogen) atoms. The number of nitrogens with one attached hydrogen (secondary N) is 6. The zero-order chi connectivity index (χ0) is 33.6. The summed E-state index contributed by atoms with van der Waals surface area (Å²) in [6.07, 6.45) is 2.00. The Morgan fingerprint density at radius 2 is 1.41 bits per heavy atom. The third-order valence-electron chi connectivity index (χ3n) is 6.25. The summed E-state index contributed by atoms with van der Waals surface area (Å²) in [5.74, 6) is -7.15. The van der Waals surface area contributed by atoms with Crippen molar-refractivity contribution in [3.8, 4) is 0 Å². The van der Waals surface area contributed by atoms with E-state index in [2.05, 4.69) is 36.6 Å². The number of aromatic nitrogens is 2. The van der Waals surface area contributed by atoms with Crippen LogP contribution in [0.15, 0.2) is 12.5 Å². The average Bonchev–Trinajstić information content (AvgIpc) is 3.47. The topological polar surface area (TPSA) is 321 Å². The van der Waals surface area contributed by atoms with Crippen LogP contribution in [0.1, 0.15) is 39.3 Å². The number of amides is 6. The number of carboxylic acid groups (broad SMARTS) is 1. The Balaban J connectivity index is 3.05. The number of aliphatic carboxylic acids is 1. The van der Waals surface area contributed by atoms with E-state index in [9.17, 15) is 43.8 Å². The minimum Gasteiger partial charge on any atom is -0.480 e. The predicted molar refractivity (Wildman–Crippen MR) is 151 cm³/mol. The molecule has 0 bridgehead atoms. The number of aliphatic hydroxyl groups excluding tert-OH is 2. The Kier molecular flexibility index (Phi) is 15.4. The third kappa shape index (κ3) is 12.3. The molecule has 1 rings (SSSR count). The largest absolute Gasteiger partial charge is 0.480 e. The van der Waals surface area contributed by atoms with Crippen LogP contribution in [0.3, 0.4) is 0 Å². The fourth-order valence-corrected chi connectivity index (χ4v) is 3.65. The highest BCUT2D eigenvalue weighted by molar-refractivity contribution is 5.96. The number of hydrogen-bond acceptors (Lipinski definition) is 11. The maximum absolute atomic E-state index is 13.2. The lowest BCUT2D eigenvalue weighted by atomic mass is 10.0. The van der Waals surface area contributed by atoms with Gasteiger partial charge in [0.1, 0.15) is 36.3 Å². The molecular weight excluding hydrogens is 586 g/mol. The lowest BCUT2D eigenvalue weighted by Gasteiger charge is -2.26. The molecule has 0 aliphatic rings. The molecule has 0 saturated carbocycles. The van der Waals surface area contributed by atoms with Crippen molar-refractivity contribution in [1.29, 1.82) is 0 Å². The molecule has 6 atom stereocenters. The summed E-state index contributed by atoms with van der Waals surface area (Å²) in [6, 6.07) is -8.19. The van der Waals surface area contributed by atoms with Crippen molar-refractivity contribution in [3.05, 3.63) is 18.2 Å². The Bertz CT molecular complexity index is 1160. The quantitative estimate of drug-likeness (QED) is 0.0685.